The lowest BCUT2D eigenvalue weighted by molar-refractivity contribution is -0.832. The van der Waals surface area contributed by atoms with Gasteiger partial charge in [0, 0.05) is 0 Å². The first-order chi connectivity index (χ1) is 11.5. The lowest BCUT2D eigenvalue weighted by atomic mass is 10.2. The van der Waals surface area contributed by atoms with Crippen LogP contribution in [0.1, 0.15) is 5.56 Å². The third-order valence-corrected chi connectivity index (χ3v) is 4.90. The predicted molar refractivity (Wildman–Crippen MR) is 79.8 cm³/mol. The molecule has 8 nitrogen and oxygen atoms in total. The van der Waals surface area contributed by atoms with E-state index in [-0.39, 0.29) is 22.2 Å². The first kappa shape index (κ1) is 16.0. The summed E-state index contributed by atoms with van der Waals surface area (Å²) in [6.45, 7) is -0.140. The molecule has 1 aromatic heterocycles. The van der Waals surface area contributed by atoms with Crippen molar-refractivity contribution in [2.75, 3.05) is 0 Å². The first-order valence-corrected chi connectivity index (χ1v) is 8.28. The van der Waals surface area contributed by atoms with E-state index in [9.17, 15) is 13.6 Å². The van der Waals surface area contributed by atoms with Crippen LogP contribution in [0.25, 0.3) is 0 Å². The van der Waals surface area contributed by atoms with E-state index in [1.807, 2.05) is 0 Å². The molecule has 0 radical (unpaired) electrons. The molecule has 24 heavy (non-hydrogen) atoms. The van der Waals surface area contributed by atoms with Crippen LogP contribution in [0.3, 0.4) is 0 Å². The molecule has 0 saturated heterocycles. The maximum Gasteiger partial charge on any atom is 0.420 e. The Labute approximate surface area is 137 Å². The molecule has 9 heteroatoms. The third kappa shape index (κ3) is 2.94. The molecular formula is C15H12N2O6S. The highest BCUT2D eigenvalue weighted by atomic mass is 32.2. The van der Waals surface area contributed by atoms with Gasteiger partial charge in [-0.25, -0.2) is 8.42 Å². The highest BCUT2D eigenvalue weighted by Gasteiger charge is 2.36. The van der Waals surface area contributed by atoms with Crippen molar-refractivity contribution in [1.29, 1.82) is 0 Å². The maximum absolute atomic E-state index is 12.6. The van der Waals surface area contributed by atoms with Gasteiger partial charge in [-0.3, -0.25) is 4.63 Å². The van der Waals surface area contributed by atoms with Gasteiger partial charge in [0.1, 0.15) is 5.75 Å². The van der Waals surface area contributed by atoms with Crippen LogP contribution in [0, 0.1) is 5.21 Å². The minimum absolute atomic E-state index is 0.0849. The van der Waals surface area contributed by atoms with Crippen molar-refractivity contribution in [2.45, 2.75) is 16.5 Å². The number of aliphatic hydroxyl groups is 1. The van der Waals surface area contributed by atoms with Gasteiger partial charge < -0.3 is 15.1 Å². The summed E-state index contributed by atoms with van der Waals surface area (Å²) in [5.74, 6) is -0.226. The zero-order chi connectivity index (χ0) is 17.2. The highest BCUT2D eigenvalue weighted by molar-refractivity contribution is 7.91. The van der Waals surface area contributed by atoms with Crippen molar-refractivity contribution in [1.82, 2.24) is 5.16 Å². The van der Waals surface area contributed by atoms with Gasteiger partial charge >= 0.3 is 10.9 Å². The molecule has 1 N–H and O–H groups in total. The standard InChI is InChI=1S/C15H12N2O6S/c18-10-11-6-8-12(9-7-11)22-14-15(17(19)23-16-14)24(20,21)13-4-2-1-3-5-13/h1-9,18H,10H2. The van der Waals surface area contributed by atoms with Gasteiger partial charge in [-0.2, -0.15) is 0 Å². The minimum atomic E-state index is -4.16. The van der Waals surface area contributed by atoms with Crippen LogP contribution < -0.4 is 9.64 Å². The Bertz CT molecular complexity index is 936. The van der Waals surface area contributed by atoms with Crippen LogP contribution in [0.2, 0.25) is 0 Å². The molecule has 1 heterocycles. The predicted octanol–water partition coefficient (Wildman–Crippen LogP) is 1.43. The molecule has 0 aliphatic rings. The van der Waals surface area contributed by atoms with Gasteiger partial charge in [0.2, 0.25) is 0 Å². The fraction of sp³-hybridized carbons (Fsp3) is 0.0667. The molecule has 0 unspecified atom stereocenters. The fourth-order valence-corrected chi connectivity index (χ4v) is 3.27. The van der Waals surface area contributed by atoms with Crippen LogP contribution in [0.5, 0.6) is 11.6 Å². The fourth-order valence-electron chi connectivity index (χ4n) is 1.99. The molecule has 3 aromatic rings. The van der Waals surface area contributed by atoms with E-state index < -0.39 is 20.7 Å². The average molecular weight is 348 g/mol. The number of aromatic nitrogens is 2. The Morgan fingerprint density at radius 2 is 1.79 bits per heavy atom. The van der Waals surface area contributed by atoms with Crippen molar-refractivity contribution < 1.29 is 27.8 Å². The number of nitrogens with zero attached hydrogens (tertiary/aromatic N) is 2. The van der Waals surface area contributed by atoms with Crippen LogP contribution in [0.4, 0.5) is 0 Å². The highest BCUT2D eigenvalue weighted by Crippen LogP contribution is 2.28. The normalized spacial score (nSPS) is 11.4. The summed E-state index contributed by atoms with van der Waals surface area (Å²) >= 11 is 0. The van der Waals surface area contributed by atoms with E-state index in [1.165, 1.54) is 36.4 Å². The summed E-state index contributed by atoms with van der Waals surface area (Å²) < 4.78 is 34.9. The number of hydrogen-bond donors (Lipinski definition) is 1. The molecule has 0 amide bonds. The van der Waals surface area contributed by atoms with E-state index in [0.717, 1.165) is 0 Å². The van der Waals surface area contributed by atoms with E-state index in [1.54, 1.807) is 18.2 Å². The van der Waals surface area contributed by atoms with Crippen LogP contribution in [-0.4, -0.2) is 18.7 Å². The molecule has 0 aliphatic heterocycles. The first-order valence-electron chi connectivity index (χ1n) is 6.80. The van der Waals surface area contributed by atoms with Gasteiger partial charge in [0.15, 0.2) is 0 Å². The molecule has 124 valence electrons. The lowest BCUT2D eigenvalue weighted by Gasteiger charge is -2.03. The monoisotopic (exact) mass is 348 g/mol. The summed E-state index contributed by atoms with van der Waals surface area (Å²) in [5.41, 5.74) is 0.651. The van der Waals surface area contributed by atoms with Crippen molar-refractivity contribution >= 4 is 9.84 Å². The van der Waals surface area contributed by atoms with Crippen LogP contribution in [0.15, 0.2) is 69.1 Å². The minimum Gasteiger partial charge on any atom is -0.415 e. The SMILES string of the molecule is O=S(=O)(c1ccccc1)c1c(Oc2ccc(CO)cc2)no[n+]1[O-]. The second-order valence-electron chi connectivity index (χ2n) is 4.76. The molecule has 0 atom stereocenters. The lowest BCUT2D eigenvalue weighted by Crippen LogP contribution is -2.30. The van der Waals surface area contributed by atoms with Crippen molar-refractivity contribution in [3.63, 3.8) is 0 Å². The van der Waals surface area contributed by atoms with Crippen LogP contribution in [-0.2, 0) is 16.4 Å². The smallest absolute Gasteiger partial charge is 0.415 e. The Kier molecular flexibility index (Phi) is 4.19. The van der Waals surface area contributed by atoms with Crippen molar-refractivity contribution in [2.24, 2.45) is 0 Å². The van der Waals surface area contributed by atoms with Gasteiger partial charge in [-0.15, -0.1) is 0 Å². The Morgan fingerprint density at radius 3 is 2.42 bits per heavy atom. The topological polar surface area (TPSA) is 117 Å². The van der Waals surface area contributed by atoms with Gasteiger partial charge in [-0.1, -0.05) is 30.3 Å². The zero-order valence-corrected chi connectivity index (χ0v) is 13.0. The second-order valence-corrected chi connectivity index (χ2v) is 6.63. The number of ether oxygens (including phenoxy) is 1. The molecule has 0 fully saturated rings. The Morgan fingerprint density at radius 1 is 1.12 bits per heavy atom. The molecule has 0 bridgehead atoms. The van der Waals surface area contributed by atoms with Crippen molar-refractivity contribution in [3.05, 3.63) is 65.4 Å². The van der Waals surface area contributed by atoms with E-state index >= 15 is 0 Å². The summed E-state index contributed by atoms with van der Waals surface area (Å²) in [5, 5.41) is 23.4. The summed E-state index contributed by atoms with van der Waals surface area (Å²) in [7, 11) is -4.16. The van der Waals surface area contributed by atoms with E-state index in [0.29, 0.717) is 5.56 Å². The van der Waals surface area contributed by atoms with Gasteiger partial charge in [-0.05, 0) is 34.7 Å². The quantitative estimate of drug-likeness (QED) is 0.693. The van der Waals surface area contributed by atoms with Gasteiger partial charge in [0.05, 0.1) is 16.7 Å². The number of aliphatic hydroxyl groups excluding tert-OH is 1. The third-order valence-electron chi connectivity index (χ3n) is 3.18. The Balaban J connectivity index is 2.00. The van der Waals surface area contributed by atoms with E-state index in [2.05, 4.69) is 9.79 Å². The molecule has 3 rings (SSSR count). The summed E-state index contributed by atoms with van der Waals surface area (Å²) in [6, 6.07) is 13.6. The number of benzene rings is 2. The molecule has 2 aromatic carbocycles. The maximum atomic E-state index is 12.6. The summed E-state index contributed by atoms with van der Waals surface area (Å²) in [6.07, 6.45) is 0. The molecule has 0 spiro atoms. The van der Waals surface area contributed by atoms with Gasteiger partial charge in [0.25, 0.3) is 9.84 Å². The Hall–Kier alpha value is -2.91. The number of sulfone groups is 1. The number of rotatable bonds is 5. The largest absolute Gasteiger partial charge is 0.420 e. The van der Waals surface area contributed by atoms with Crippen molar-refractivity contribution in [3.8, 4) is 11.6 Å². The molecule has 0 aliphatic carbocycles. The zero-order valence-electron chi connectivity index (χ0n) is 12.2. The molecular weight excluding hydrogens is 336 g/mol. The average Bonchev–Trinajstić information content (AvgIpc) is 2.97. The van der Waals surface area contributed by atoms with Crippen LogP contribution >= 0.6 is 0 Å². The second kappa shape index (κ2) is 6.30. The summed E-state index contributed by atoms with van der Waals surface area (Å²) in [4.78, 5) is -0.293. The number of hydrogen-bond acceptors (Lipinski definition) is 7. The van der Waals surface area contributed by atoms with E-state index in [4.69, 9.17) is 9.84 Å². The molecule has 0 saturated carbocycles.